The molecule has 2 heteroatoms. The minimum atomic E-state index is -0.362. The fraction of sp³-hybridized carbons (Fsp3) is 0.667. The molecule has 11 heavy (non-hydrogen) atoms. The summed E-state index contributed by atoms with van der Waals surface area (Å²) >= 11 is 0. The van der Waals surface area contributed by atoms with Gasteiger partial charge in [-0.1, -0.05) is 11.6 Å². The Morgan fingerprint density at radius 2 is 2.00 bits per heavy atom. The first-order valence-electron chi connectivity index (χ1n) is 3.73. The average molecular weight is 156 g/mol. The molecule has 0 aliphatic heterocycles. The maximum absolute atomic E-state index is 10.0. The van der Waals surface area contributed by atoms with E-state index in [9.17, 15) is 4.79 Å². The van der Waals surface area contributed by atoms with Crippen molar-refractivity contribution in [3.8, 4) is 0 Å². The van der Waals surface area contributed by atoms with Crippen LogP contribution < -0.4 is 0 Å². The van der Waals surface area contributed by atoms with Crippen LogP contribution in [0.25, 0.3) is 0 Å². The summed E-state index contributed by atoms with van der Waals surface area (Å²) in [6, 6.07) is 0. The van der Waals surface area contributed by atoms with Gasteiger partial charge < -0.3 is 4.74 Å². The molecule has 0 heterocycles. The van der Waals surface area contributed by atoms with Crippen LogP contribution in [0.3, 0.4) is 0 Å². The fourth-order valence-corrected chi connectivity index (χ4v) is 0.628. The molecule has 64 valence electrons. The first kappa shape index (κ1) is 10.2. The molecule has 0 spiro atoms. The first-order valence-corrected chi connectivity index (χ1v) is 3.73. The fourth-order valence-electron chi connectivity index (χ4n) is 0.628. The molecular weight excluding hydrogens is 140 g/mol. The standard InChI is InChI=1S/C9H16O2/c1-8(2)5-6-9(3,4)11-7-10/h5,7H,6H2,1-4H3. The van der Waals surface area contributed by atoms with Gasteiger partial charge in [0.2, 0.25) is 0 Å². The average Bonchev–Trinajstić information content (AvgIpc) is 1.84. The Kier molecular flexibility index (Phi) is 3.86. The van der Waals surface area contributed by atoms with E-state index >= 15 is 0 Å². The minimum absolute atomic E-state index is 0.362. The highest BCUT2D eigenvalue weighted by Gasteiger charge is 2.15. The third kappa shape index (κ3) is 5.64. The van der Waals surface area contributed by atoms with E-state index in [1.807, 2.05) is 27.7 Å². The van der Waals surface area contributed by atoms with Gasteiger partial charge in [-0.15, -0.1) is 0 Å². The second-order valence-electron chi connectivity index (χ2n) is 3.46. The van der Waals surface area contributed by atoms with Crippen LogP contribution in [0.2, 0.25) is 0 Å². The number of carbonyl (C=O) groups is 1. The van der Waals surface area contributed by atoms with Gasteiger partial charge in [0.1, 0.15) is 5.60 Å². The number of allylic oxidation sites excluding steroid dienone is 1. The molecule has 0 unspecified atom stereocenters. The van der Waals surface area contributed by atoms with Gasteiger partial charge in [-0.25, -0.2) is 0 Å². The lowest BCUT2D eigenvalue weighted by molar-refractivity contribution is -0.139. The predicted octanol–water partition coefficient (Wildman–Crippen LogP) is 2.29. The summed E-state index contributed by atoms with van der Waals surface area (Å²) in [5, 5.41) is 0. The van der Waals surface area contributed by atoms with Gasteiger partial charge in [0.05, 0.1) is 0 Å². The van der Waals surface area contributed by atoms with Crippen LogP contribution in [-0.4, -0.2) is 12.1 Å². The smallest absolute Gasteiger partial charge is 0.293 e. The molecule has 0 atom stereocenters. The van der Waals surface area contributed by atoms with Crippen LogP contribution >= 0.6 is 0 Å². The highest BCUT2D eigenvalue weighted by Crippen LogP contribution is 2.14. The predicted molar refractivity (Wildman–Crippen MR) is 45.3 cm³/mol. The van der Waals surface area contributed by atoms with Crippen LogP contribution in [0, 0.1) is 0 Å². The molecule has 0 aliphatic rings. The Bertz CT molecular complexity index is 153. The van der Waals surface area contributed by atoms with Gasteiger partial charge in [0, 0.05) is 6.42 Å². The second kappa shape index (κ2) is 4.16. The van der Waals surface area contributed by atoms with Crippen molar-refractivity contribution in [1.29, 1.82) is 0 Å². The molecule has 0 aromatic heterocycles. The maximum Gasteiger partial charge on any atom is 0.293 e. The molecule has 0 rings (SSSR count). The Balaban J connectivity index is 3.91. The van der Waals surface area contributed by atoms with Gasteiger partial charge in [-0.2, -0.15) is 0 Å². The van der Waals surface area contributed by atoms with E-state index in [1.165, 1.54) is 5.57 Å². The van der Waals surface area contributed by atoms with Crippen LogP contribution in [0.1, 0.15) is 34.1 Å². The number of hydrogen-bond donors (Lipinski definition) is 0. The van der Waals surface area contributed by atoms with Crippen molar-refractivity contribution in [3.63, 3.8) is 0 Å². The first-order chi connectivity index (χ1) is 4.98. The third-order valence-corrected chi connectivity index (χ3v) is 1.37. The van der Waals surface area contributed by atoms with Crippen molar-refractivity contribution in [3.05, 3.63) is 11.6 Å². The molecule has 0 saturated carbocycles. The van der Waals surface area contributed by atoms with E-state index in [0.717, 1.165) is 6.42 Å². The summed E-state index contributed by atoms with van der Waals surface area (Å²) in [5.74, 6) is 0. The van der Waals surface area contributed by atoms with Crippen LogP contribution in [0.15, 0.2) is 11.6 Å². The SMILES string of the molecule is CC(C)=CCC(C)(C)OC=O. The lowest BCUT2D eigenvalue weighted by Gasteiger charge is -2.20. The molecule has 0 fully saturated rings. The minimum Gasteiger partial charge on any atom is -0.462 e. The number of hydrogen-bond acceptors (Lipinski definition) is 2. The Morgan fingerprint density at radius 3 is 2.36 bits per heavy atom. The number of ether oxygens (including phenoxy) is 1. The van der Waals surface area contributed by atoms with Crippen LogP contribution in [-0.2, 0) is 9.53 Å². The van der Waals surface area contributed by atoms with Gasteiger partial charge in [-0.3, -0.25) is 4.79 Å². The summed E-state index contributed by atoms with van der Waals surface area (Å²) in [4.78, 5) is 10.0. The molecule has 0 radical (unpaired) electrons. The van der Waals surface area contributed by atoms with E-state index in [-0.39, 0.29) is 5.60 Å². The topological polar surface area (TPSA) is 26.3 Å². The molecule has 0 saturated heterocycles. The quantitative estimate of drug-likeness (QED) is 0.461. The van der Waals surface area contributed by atoms with Crippen LogP contribution in [0.5, 0.6) is 0 Å². The van der Waals surface area contributed by atoms with E-state index in [2.05, 4.69) is 6.08 Å². The lowest BCUT2D eigenvalue weighted by atomic mass is 10.0. The van der Waals surface area contributed by atoms with E-state index < -0.39 is 0 Å². The van der Waals surface area contributed by atoms with E-state index in [0.29, 0.717) is 6.47 Å². The Labute approximate surface area is 68.2 Å². The Morgan fingerprint density at radius 1 is 1.45 bits per heavy atom. The van der Waals surface area contributed by atoms with Crippen LogP contribution in [0.4, 0.5) is 0 Å². The number of rotatable bonds is 4. The molecule has 0 amide bonds. The zero-order valence-electron chi connectivity index (χ0n) is 7.68. The summed E-state index contributed by atoms with van der Waals surface area (Å²) in [6.07, 6.45) is 2.83. The summed E-state index contributed by atoms with van der Waals surface area (Å²) in [5.41, 5.74) is 0.881. The summed E-state index contributed by atoms with van der Waals surface area (Å²) in [6.45, 7) is 8.33. The van der Waals surface area contributed by atoms with E-state index in [1.54, 1.807) is 0 Å². The molecule has 0 aromatic rings. The van der Waals surface area contributed by atoms with Crippen molar-refractivity contribution in [2.45, 2.75) is 39.7 Å². The third-order valence-electron chi connectivity index (χ3n) is 1.37. The zero-order valence-corrected chi connectivity index (χ0v) is 7.68. The largest absolute Gasteiger partial charge is 0.462 e. The van der Waals surface area contributed by atoms with Gasteiger partial charge in [-0.05, 0) is 27.7 Å². The van der Waals surface area contributed by atoms with Gasteiger partial charge >= 0.3 is 0 Å². The van der Waals surface area contributed by atoms with Crippen molar-refractivity contribution in [2.24, 2.45) is 0 Å². The van der Waals surface area contributed by atoms with Gasteiger partial charge in [0.15, 0.2) is 0 Å². The van der Waals surface area contributed by atoms with E-state index in [4.69, 9.17) is 4.74 Å². The van der Waals surface area contributed by atoms with Crippen molar-refractivity contribution in [1.82, 2.24) is 0 Å². The number of carbonyl (C=O) groups excluding carboxylic acids is 1. The molecule has 0 aromatic carbocycles. The highest BCUT2D eigenvalue weighted by atomic mass is 16.5. The molecule has 0 aliphatic carbocycles. The monoisotopic (exact) mass is 156 g/mol. The molecule has 0 bridgehead atoms. The second-order valence-corrected chi connectivity index (χ2v) is 3.46. The van der Waals surface area contributed by atoms with Gasteiger partial charge in [0.25, 0.3) is 6.47 Å². The summed E-state index contributed by atoms with van der Waals surface area (Å²) in [7, 11) is 0. The van der Waals surface area contributed by atoms with Crippen molar-refractivity contribution in [2.75, 3.05) is 0 Å². The Hall–Kier alpha value is -0.790. The van der Waals surface area contributed by atoms with Crippen molar-refractivity contribution < 1.29 is 9.53 Å². The maximum atomic E-state index is 10.0. The molecule has 0 N–H and O–H groups in total. The highest BCUT2D eigenvalue weighted by molar-refractivity contribution is 5.38. The molecular formula is C9H16O2. The lowest BCUT2D eigenvalue weighted by Crippen LogP contribution is -2.22. The summed E-state index contributed by atoms with van der Waals surface area (Å²) < 4.78 is 4.85. The molecule has 2 nitrogen and oxygen atoms in total. The van der Waals surface area contributed by atoms with Crippen molar-refractivity contribution >= 4 is 6.47 Å². The zero-order chi connectivity index (χ0) is 8.91. The normalized spacial score (nSPS) is 10.5.